The molecule has 0 bridgehead atoms. The highest BCUT2D eigenvalue weighted by atomic mass is 16.5. The number of hydrogen-bond donors (Lipinski definition) is 1. The molecule has 2 aromatic rings. The van der Waals surface area contributed by atoms with E-state index in [2.05, 4.69) is 11.4 Å². The average molecular weight is 329 g/mol. The van der Waals surface area contributed by atoms with Crippen LogP contribution in [0.2, 0.25) is 0 Å². The van der Waals surface area contributed by atoms with Crippen LogP contribution in [0.5, 0.6) is 0 Å². The van der Waals surface area contributed by atoms with Crippen LogP contribution >= 0.6 is 0 Å². The van der Waals surface area contributed by atoms with E-state index in [1.54, 1.807) is 0 Å². The Hall–Kier alpha value is -2.30. The number of fused-ring (bicyclic) bond motifs is 3. The molecule has 1 aromatic carbocycles. The average Bonchev–Trinajstić information content (AvgIpc) is 2.91. The number of esters is 1. The van der Waals surface area contributed by atoms with E-state index in [9.17, 15) is 9.59 Å². The first-order valence-electron chi connectivity index (χ1n) is 8.48. The first-order chi connectivity index (χ1) is 11.6. The van der Waals surface area contributed by atoms with Crippen LogP contribution in [0, 0.1) is 5.92 Å². The van der Waals surface area contributed by atoms with Crippen LogP contribution in [0.3, 0.4) is 0 Å². The van der Waals surface area contributed by atoms with Crippen LogP contribution in [0.15, 0.2) is 28.7 Å². The number of ether oxygens (including phenoxy) is 1. The third kappa shape index (κ3) is 3.45. The van der Waals surface area contributed by atoms with Crippen molar-refractivity contribution in [3.63, 3.8) is 0 Å². The van der Waals surface area contributed by atoms with Gasteiger partial charge in [0, 0.05) is 43.2 Å². The van der Waals surface area contributed by atoms with E-state index in [1.165, 1.54) is 12.5 Å². The highest BCUT2D eigenvalue weighted by Gasteiger charge is 2.33. The van der Waals surface area contributed by atoms with Gasteiger partial charge in [-0.3, -0.25) is 9.59 Å². The lowest BCUT2D eigenvalue weighted by Gasteiger charge is -2.28. The van der Waals surface area contributed by atoms with Crippen LogP contribution in [0.4, 0.5) is 0 Å². The molecule has 1 amide bonds. The summed E-state index contributed by atoms with van der Waals surface area (Å²) in [5.74, 6) is 1.06. The third-order valence-corrected chi connectivity index (χ3v) is 4.57. The van der Waals surface area contributed by atoms with Gasteiger partial charge >= 0.3 is 5.97 Å². The van der Waals surface area contributed by atoms with Crippen molar-refractivity contribution in [3.05, 3.63) is 35.6 Å². The molecule has 1 heterocycles. The molecule has 5 heteroatoms. The molecular formula is C19H23NO4. The molecule has 24 heavy (non-hydrogen) atoms. The van der Waals surface area contributed by atoms with Crippen molar-refractivity contribution in [1.29, 1.82) is 0 Å². The molecule has 2 atom stereocenters. The normalized spacial score (nSPS) is 19.8. The van der Waals surface area contributed by atoms with Crippen LogP contribution < -0.4 is 5.32 Å². The standard InChI is InChI=1S/C19H23NO4/c1-3-23-18(22)10-13-8-14(11-20-12(2)21)19-15-6-4-5-7-16(15)24-17(19)9-13/h4-7,13-14H,3,8-11H2,1-2H3,(H,20,21). The number of carbonyl (C=O) groups is 2. The summed E-state index contributed by atoms with van der Waals surface area (Å²) in [7, 11) is 0. The van der Waals surface area contributed by atoms with Crippen LogP contribution in [-0.4, -0.2) is 25.0 Å². The number of amides is 1. The fourth-order valence-electron chi connectivity index (χ4n) is 3.64. The minimum absolute atomic E-state index is 0.0446. The van der Waals surface area contributed by atoms with Crippen molar-refractivity contribution in [1.82, 2.24) is 5.32 Å². The van der Waals surface area contributed by atoms with Gasteiger partial charge in [-0.05, 0) is 25.3 Å². The topological polar surface area (TPSA) is 68.5 Å². The van der Waals surface area contributed by atoms with E-state index >= 15 is 0 Å². The van der Waals surface area contributed by atoms with Gasteiger partial charge in [-0.25, -0.2) is 0 Å². The maximum absolute atomic E-state index is 11.8. The number of furan rings is 1. The molecule has 2 unspecified atom stereocenters. The first kappa shape index (κ1) is 16.6. The molecule has 1 aromatic heterocycles. The number of carbonyl (C=O) groups excluding carboxylic acids is 2. The Morgan fingerprint density at radius 3 is 2.88 bits per heavy atom. The monoisotopic (exact) mass is 329 g/mol. The summed E-state index contributed by atoms with van der Waals surface area (Å²) in [5, 5.41) is 4.02. The molecule has 0 saturated carbocycles. The molecule has 5 nitrogen and oxygen atoms in total. The third-order valence-electron chi connectivity index (χ3n) is 4.57. The van der Waals surface area contributed by atoms with E-state index in [4.69, 9.17) is 9.15 Å². The molecule has 0 spiro atoms. The highest BCUT2D eigenvalue weighted by molar-refractivity contribution is 5.83. The van der Waals surface area contributed by atoms with Crippen molar-refractivity contribution < 1.29 is 18.7 Å². The second kappa shape index (κ2) is 7.07. The number of benzene rings is 1. The van der Waals surface area contributed by atoms with E-state index in [0.717, 1.165) is 29.6 Å². The molecular weight excluding hydrogens is 306 g/mol. The van der Waals surface area contributed by atoms with Crippen molar-refractivity contribution in [2.75, 3.05) is 13.2 Å². The SMILES string of the molecule is CCOC(=O)CC1Cc2oc3ccccc3c2C(CNC(C)=O)C1. The smallest absolute Gasteiger partial charge is 0.306 e. The van der Waals surface area contributed by atoms with Gasteiger partial charge in [-0.2, -0.15) is 0 Å². The number of nitrogens with one attached hydrogen (secondary N) is 1. The Morgan fingerprint density at radius 1 is 1.33 bits per heavy atom. The van der Waals surface area contributed by atoms with Crippen molar-refractivity contribution in [2.45, 2.75) is 39.0 Å². The summed E-state index contributed by atoms with van der Waals surface area (Å²) in [6.45, 7) is 4.30. The largest absolute Gasteiger partial charge is 0.466 e. The maximum Gasteiger partial charge on any atom is 0.306 e. The minimum atomic E-state index is -0.166. The van der Waals surface area contributed by atoms with E-state index in [0.29, 0.717) is 19.6 Å². The van der Waals surface area contributed by atoms with Gasteiger partial charge in [0.1, 0.15) is 11.3 Å². The zero-order valence-corrected chi connectivity index (χ0v) is 14.1. The minimum Gasteiger partial charge on any atom is -0.466 e. The fourth-order valence-corrected chi connectivity index (χ4v) is 3.64. The molecule has 1 aliphatic rings. The van der Waals surface area contributed by atoms with Crippen molar-refractivity contribution in [2.24, 2.45) is 5.92 Å². The molecule has 128 valence electrons. The molecule has 1 N–H and O–H groups in total. The summed E-state index contributed by atoms with van der Waals surface area (Å²) in [4.78, 5) is 23.2. The van der Waals surface area contributed by atoms with E-state index < -0.39 is 0 Å². The van der Waals surface area contributed by atoms with Crippen molar-refractivity contribution >= 4 is 22.8 Å². The Kier molecular flexibility index (Phi) is 4.88. The lowest BCUT2D eigenvalue weighted by molar-refractivity contribution is -0.144. The second-order valence-corrected chi connectivity index (χ2v) is 6.38. The molecule has 0 saturated heterocycles. The zero-order chi connectivity index (χ0) is 17.1. The Bertz CT molecular complexity index is 749. The molecule has 0 fully saturated rings. The van der Waals surface area contributed by atoms with Gasteiger partial charge in [-0.15, -0.1) is 0 Å². The van der Waals surface area contributed by atoms with Gasteiger partial charge in [-0.1, -0.05) is 18.2 Å². The van der Waals surface area contributed by atoms with Gasteiger partial charge < -0.3 is 14.5 Å². The number of hydrogen-bond acceptors (Lipinski definition) is 4. The molecule has 0 radical (unpaired) electrons. The first-order valence-corrected chi connectivity index (χ1v) is 8.48. The van der Waals surface area contributed by atoms with Gasteiger partial charge in [0.25, 0.3) is 0 Å². The van der Waals surface area contributed by atoms with Crippen molar-refractivity contribution in [3.8, 4) is 0 Å². The number of rotatable bonds is 5. The summed E-state index contributed by atoms with van der Waals surface area (Å²) in [6, 6.07) is 7.97. The lowest BCUT2D eigenvalue weighted by Crippen LogP contribution is -2.30. The predicted octanol–water partition coefficient (Wildman–Crippen LogP) is 3.17. The number of para-hydroxylation sites is 1. The Balaban J connectivity index is 1.88. The van der Waals surface area contributed by atoms with Crippen LogP contribution in [0.25, 0.3) is 11.0 Å². The summed E-state index contributed by atoms with van der Waals surface area (Å²) in [5.41, 5.74) is 2.05. The Morgan fingerprint density at radius 2 is 2.12 bits per heavy atom. The summed E-state index contributed by atoms with van der Waals surface area (Å²) in [6.07, 6.45) is 1.97. The van der Waals surface area contributed by atoms with E-state index in [1.807, 2.05) is 25.1 Å². The maximum atomic E-state index is 11.8. The molecule has 3 rings (SSSR count). The quantitative estimate of drug-likeness (QED) is 0.856. The van der Waals surface area contributed by atoms with Gasteiger partial charge in [0.15, 0.2) is 0 Å². The highest BCUT2D eigenvalue weighted by Crippen LogP contribution is 2.41. The van der Waals surface area contributed by atoms with Crippen LogP contribution in [-0.2, 0) is 20.7 Å². The molecule has 0 aliphatic heterocycles. The van der Waals surface area contributed by atoms with E-state index in [-0.39, 0.29) is 23.7 Å². The molecule has 1 aliphatic carbocycles. The van der Waals surface area contributed by atoms with Gasteiger partial charge in [0.2, 0.25) is 5.91 Å². The second-order valence-electron chi connectivity index (χ2n) is 6.38. The summed E-state index contributed by atoms with van der Waals surface area (Å²) < 4.78 is 11.1. The fraction of sp³-hybridized carbons (Fsp3) is 0.474. The Labute approximate surface area is 141 Å². The summed E-state index contributed by atoms with van der Waals surface area (Å²) >= 11 is 0. The lowest BCUT2D eigenvalue weighted by atomic mass is 9.77. The van der Waals surface area contributed by atoms with Crippen LogP contribution in [0.1, 0.15) is 43.9 Å². The zero-order valence-electron chi connectivity index (χ0n) is 14.1. The predicted molar refractivity (Wildman–Crippen MR) is 90.7 cm³/mol. The van der Waals surface area contributed by atoms with Gasteiger partial charge in [0.05, 0.1) is 6.61 Å².